The highest BCUT2D eigenvalue weighted by atomic mass is 32.1. The average molecular weight is 439 g/mol. The number of alkyl halides is 3. The van der Waals surface area contributed by atoms with E-state index in [1.54, 1.807) is 6.07 Å². The van der Waals surface area contributed by atoms with Crippen LogP contribution < -0.4 is 25.0 Å². The molecule has 0 aliphatic carbocycles. The van der Waals surface area contributed by atoms with Crippen LogP contribution in [0, 0.1) is 0 Å². The minimum atomic E-state index is -4.58. The van der Waals surface area contributed by atoms with Gasteiger partial charge < -0.3 is 25.0 Å². The van der Waals surface area contributed by atoms with Gasteiger partial charge in [0.25, 0.3) is 0 Å². The molecule has 2 N–H and O–H groups in total. The Balaban J connectivity index is 1.45. The molecule has 1 saturated heterocycles. The Morgan fingerprint density at radius 3 is 2.60 bits per heavy atom. The van der Waals surface area contributed by atoms with Crippen molar-refractivity contribution in [3.63, 3.8) is 0 Å². The van der Waals surface area contributed by atoms with Crippen LogP contribution in [0.2, 0.25) is 0 Å². The number of nitrogens with zero attached hydrogens (tertiary/aromatic N) is 3. The Morgan fingerprint density at radius 1 is 1.07 bits per heavy atom. The largest absolute Gasteiger partial charge is 0.454 e. The first-order valence-corrected chi connectivity index (χ1v) is 9.94. The zero-order valence-electron chi connectivity index (χ0n) is 16.0. The Labute approximate surface area is 176 Å². The molecule has 0 bridgehead atoms. The fourth-order valence-corrected chi connectivity index (χ4v) is 3.46. The third-order valence-corrected chi connectivity index (χ3v) is 5.04. The van der Waals surface area contributed by atoms with Crippen molar-refractivity contribution in [2.24, 2.45) is 0 Å². The number of benzene rings is 1. The highest BCUT2D eigenvalue weighted by Crippen LogP contribution is 2.33. The fourth-order valence-electron chi connectivity index (χ4n) is 3.30. The Bertz CT molecular complexity index is 935. The van der Waals surface area contributed by atoms with Gasteiger partial charge in [-0.1, -0.05) is 6.07 Å². The molecular weight excluding hydrogens is 419 g/mol. The van der Waals surface area contributed by atoms with Crippen molar-refractivity contribution >= 4 is 29.1 Å². The number of rotatable bonds is 4. The zero-order valence-corrected chi connectivity index (χ0v) is 16.8. The van der Waals surface area contributed by atoms with Crippen molar-refractivity contribution in [2.75, 3.05) is 30.1 Å². The summed E-state index contributed by atoms with van der Waals surface area (Å²) in [6.07, 6.45) is -1.68. The number of piperidine rings is 1. The van der Waals surface area contributed by atoms with Crippen molar-refractivity contribution in [3.8, 4) is 11.5 Å². The fraction of sp³-hybridized carbons (Fsp3) is 0.421. The number of halogens is 3. The molecule has 3 heterocycles. The number of ether oxygens (including phenoxy) is 2. The predicted molar refractivity (Wildman–Crippen MR) is 109 cm³/mol. The molecule has 2 aliphatic rings. The van der Waals surface area contributed by atoms with E-state index >= 15 is 0 Å². The summed E-state index contributed by atoms with van der Waals surface area (Å²) in [6.45, 7) is 1.86. The number of thiocarbonyl (C=S) groups is 1. The number of fused-ring (bicyclic) bond motifs is 1. The van der Waals surface area contributed by atoms with Crippen LogP contribution in [0.3, 0.4) is 0 Å². The highest BCUT2D eigenvalue weighted by molar-refractivity contribution is 7.80. The van der Waals surface area contributed by atoms with E-state index < -0.39 is 11.9 Å². The first-order chi connectivity index (χ1) is 14.4. The lowest BCUT2D eigenvalue weighted by molar-refractivity contribution is -0.141. The van der Waals surface area contributed by atoms with Gasteiger partial charge in [0.2, 0.25) is 12.7 Å². The van der Waals surface area contributed by atoms with Crippen molar-refractivity contribution < 1.29 is 22.6 Å². The monoisotopic (exact) mass is 439 g/mol. The van der Waals surface area contributed by atoms with Crippen LogP contribution in [-0.2, 0) is 12.7 Å². The molecule has 2 aliphatic heterocycles. The summed E-state index contributed by atoms with van der Waals surface area (Å²) < 4.78 is 50.6. The Hall–Kier alpha value is -2.82. The van der Waals surface area contributed by atoms with Gasteiger partial charge in [-0.05, 0) is 49.2 Å². The van der Waals surface area contributed by atoms with Crippen molar-refractivity contribution in [1.82, 2.24) is 15.3 Å². The van der Waals surface area contributed by atoms with E-state index in [1.165, 1.54) is 0 Å². The molecule has 0 amide bonds. The van der Waals surface area contributed by atoms with Crippen molar-refractivity contribution in [3.05, 3.63) is 35.5 Å². The van der Waals surface area contributed by atoms with Crippen LogP contribution >= 0.6 is 12.2 Å². The lowest BCUT2D eigenvalue weighted by Crippen LogP contribution is -2.32. The van der Waals surface area contributed by atoms with Crippen LogP contribution in [0.1, 0.15) is 30.5 Å². The molecule has 0 unspecified atom stereocenters. The van der Waals surface area contributed by atoms with Gasteiger partial charge >= 0.3 is 6.18 Å². The standard InChI is InChI=1S/C19H20F3N5O2S/c20-19(21,22)15-9-16(27-6-2-1-3-7-27)25-17(24-15)26-18(30)23-10-12-4-5-13-14(8-12)29-11-28-13/h4-5,8-9H,1-3,6-7,10-11H2,(H2,23,24,25,26,30). The molecule has 0 atom stereocenters. The van der Waals surface area contributed by atoms with Crippen molar-refractivity contribution in [1.29, 1.82) is 0 Å². The summed E-state index contributed by atoms with van der Waals surface area (Å²) in [5.41, 5.74) is -0.124. The summed E-state index contributed by atoms with van der Waals surface area (Å²) in [5, 5.41) is 5.74. The second-order valence-corrected chi connectivity index (χ2v) is 7.38. The van der Waals surface area contributed by atoms with E-state index in [0.29, 0.717) is 31.1 Å². The molecule has 0 saturated carbocycles. The number of aromatic nitrogens is 2. The molecule has 30 heavy (non-hydrogen) atoms. The van der Waals surface area contributed by atoms with Gasteiger partial charge in [-0.25, -0.2) is 4.98 Å². The summed E-state index contributed by atoms with van der Waals surface area (Å²) in [7, 11) is 0. The van der Waals surface area contributed by atoms with E-state index in [0.717, 1.165) is 30.9 Å². The maximum atomic E-state index is 13.3. The Kier molecular flexibility index (Phi) is 5.80. The van der Waals surface area contributed by atoms with Gasteiger partial charge in [0.1, 0.15) is 5.82 Å². The third-order valence-electron chi connectivity index (χ3n) is 4.80. The quantitative estimate of drug-likeness (QED) is 0.699. The van der Waals surface area contributed by atoms with Crippen LogP contribution in [0.25, 0.3) is 0 Å². The highest BCUT2D eigenvalue weighted by Gasteiger charge is 2.34. The van der Waals surface area contributed by atoms with E-state index in [2.05, 4.69) is 20.6 Å². The molecule has 4 rings (SSSR count). The SMILES string of the molecule is FC(F)(F)c1cc(N2CCCCC2)nc(NC(=S)NCc2ccc3c(c2)OCO3)n1. The second kappa shape index (κ2) is 8.50. The first-order valence-electron chi connectivity index (χ1n) is 9.53. The van der Waals surface area contributed by atoms with E-state index in [9.17, 15) is 13.2 Å². The predicted octanol–water partition coefficient (Wildman–Crippen LogP) is 3.70. The van der Waals surface area contributed by atoms with Crippen LogP contribution in [0.15, 0.2) is 24.3 Å². The van der Waals surface area contributed by atoms with E-state index in [-0.39, 0.29) is 23.7 Å². The zero-order chi connectivity index (χ0) is 21.1. The summed E-state index contributed by atoms with van der Waals surface area (Å²) >= 11 is 5.22. The minimum Gasteiger partial charge on any atom is -0.454 e. The van der Waals surface area contributed by atoms with Gasteiger partial charge in [0.15, 0.2) is 22.3 Å². The molecule has 160 valence electrons. The van der Waals surface area contributed by atoms with Crippen LogP contribution in [-0.4, -0.2) is 35.0 Å². The number of nitrogens with one attached hydrogen (secondary N) is 2. The van der Waals surface area contributed by atoms with Crippen molar-refractivity contribution in [2.45, 2.75) is 32.0 Å². The molecule has 2 aromatic rings. The lowest BCUT2D eigenvalue weighted by Gasteiger charge is -2.28. The molecule has 1 aromatic heterocycles. The molecule has 0 spiro atoms. The molecule has 7 nitrogen and oxygen atoms in total. The normalized spacial score (nSPS) is 15.8. The number of hydrogen-bond donors (Lipinski definition) is 2. The summed E-state index contributed by atoms with van der Waals surface area (Å²) in [4.78, 5) is 9.70. The first kappa shape index (κ1) is 20.5. The molecule has 1 fully saturated rings. The average Bonchev–Trinajstić information content (AvgIpc) is 3.20. The lowest BCUT2D eigenvalue weighted by atomic mass is 10.1. The van der Waals surface area contributed by atoms with E-state index in [4.69, 9.17) is 21.7 Å². The van der Waals surface area contributed by atoms with Gasteiger partial charge in [0.05, 0.1) is 0 Å². The molecule has 1 aromatic carbocycles. The maximum Gasteiger partial charge on any atom is 0.433 e. The maximum absolute atomic E-state index is 13.3. The molecule has 0 radical (unpaired) electrons. The second-order valence-electron chi connectivity index (χ2n) is 6.98. The van der Waals surface area contributed by atoms with E-state index in [1.807, 2.05) is 17.0 Å². The van der Waals surface area contributed by atoms with Crippen LogP contribution in [0.5, 0.6) is 11.5 Å². The number of anilines is 2. The molecule has 11 heteroatoms. The smallest absolute Gasteiger partial charge is 0.433 e. The molecular formula is C19H20F3N5O2S. The topological polar surface area (TPSA) is 71.5 Å². The summed E-state index contributed by atoms with van der Waals surface area (Å²) in [5.74, 6) is 1.37. The van der Waals surface area contributed by atoms with Gasteiger partial charge in [-0.3, -0.25) is 0 Å². The summed E-state index contributed by atoms with van der Waals surface area (Å²) in [6, 6.07) is 6.43. The third kappa shape index (κ3) is 4.84. The number of hydrogen-bond acceptors (Lipinski definition) is 6. The van der Waals surface area contributed by atoms with Gasteiger partial charge in [-0.2, -0.15) is 18.2 Å². The Morgan fingerprint density at radius 2 is 1.83 bits per heavy atom. The minimum absolute atomic E-state index is 0.122. The van der Waals surface area contributed by atoms with Crippen LogP contribution in [0.4, 0.5) is 24.9 Å². The van der Waals surface area contributed by atoms with Gasteiger partial charge in [-0.15, -0.1) is 0 Å². The van der Waals surface area contributed by atoms with Gasteiger partial charge in [0, 0.05) is 25.7 Å².